The number of carbonyl (C=O) groups excluding carboxylic acids is 1. The molecular formula is C20H19FN2O2. The number of aryl methyl sites for hydroxylation is 1. The zero-order chi connectivity index (χ0) is 17.6. The zero-order valence-electron chi connectivity index (χ0n) is 14.1. The van der Waals surface area contributed by atoms with Gasteiger partial charge in [0.25, 0.3) is 0 Å². The van der Waals surface area contributed by atoms with E-state index in [-0.39, 0.29) is 17.8 Å². The van der Waals surface area contributed by atoms with Crippen LogP contribution in [-0.2, 0) is 16.0 Å². The molecular weight excluding hydrogens is 319 g/mol. The number of aromatic nitrogens is 1. The van der Waals surface area contributed by atoms with E-state index in [4.69, 9.17) is 4.74 Å². The van der Waals surface area contributed by atoms with Crippen LogP contribution in [-0.4, -0.2) is 24.1 Å². The molecule has 0 radical (unpaired) electrons. The van der Waals surface area contributed by atoms with Crippen LogP contribution in [0.25, 0.3) is 10.9 Å². The van der Waals surface area contributed by atoms with E-state index in [0.717, 1.165) is 33.3 Å². The number of benzene rings is 2. The molecule has 0 unspecified atom stereocenters. The van der Waals surface area contributed by atoms with Gasteiger partial charge in [0.1, 0.15) is 11.9 Å². The van der Waals surface area contributed by atoms with Gasteiger partial charge in [0, 0.05) is 23.0 Å². The molecule has 0 saturated carbocycles. The van der Waals surface area contributed by atoms with Gasteiger partial charge in [-0.15, -0.1) is 0 Å². The lowest BCUT2D eigenvalue weighted by molar-refractivity contribution is -0.143. The van der Waals surface area contributed by atoms with Crippen LogP contribution < -0.4 is 5.32 Å². The largest absolute Gasteiger partial charge is 0.468 e. The summed E-state index contributed by atoms with van der Waals surface area (Å²) < 4.78 is 18.9. The number of H-pyrrole nitrogens is 1. The highest BCUT2D eigenvalue weighted by Gasteiger charge is 2.34. The summed E-state index contributed by atoms with van der Waals surface area (Å²) in [6, 6.07) is 12.2. The number of rotatable bonds is 2. The lowest BCUT2D eigenvalue weighted by Crippen LogP contribution is -2.45. The van der Waals surface area contributed by atoms with Crippen molar-refractivity contribution in [2.24, 2.45) is 0 Å². The summed E-state index contributed by atoms with van der Waals surface area (Å²) in [6.07, 6.45) is 0.539. The summed E-state index contributed by atoms with van der Waals surface area (Å²) in [7, 11) is 1.39. The smallest absolute Gasteiger partial charge is 0.323 e. The second-order valence-corrected chi connectivity index (χ2v) is 6.50. The van der Waals surface area contributed by atoms with E-state index in [9.17, 15) is 9.18 Å². The van der Waals surface area contributed by atoms with Gasteiger partial charge in [-0.25, -0.2) is 4.39 Å². The highest BCUT2D eigenvalue weighted by Crippen LogP contribution is 2.35. The molecule has 0 fully saturated rings. The number of fused-ring (bicyclic) bond motifs is 3. The molecule has 2 heterocycles. The molecule has 2 aromatic carbocycles. The van der Waals surface area contributed by atoms with Crippen LogP contribution in [0.5, 0.6) is 0 Å². The Morgan fingerprint density at radius 3 is 2.80 bits per heavy atom. The Bertz CT molecular complexity index is 943. The van der Waals surface area contributed by atoms with Crippen molar-refractivity contribution in [3.63, 3.8) is 0 Å². The topological polar surface area (TPSA) is 54.1 Å². The summed E-state index contributed by atoms with van der Waals surface area (Å²) in [5, 5.41) is 4.41. The lowest BCUT2D eigenvalue weighted by atomic mass is 9.90. The molecule has 0 saturated heterocycles. The molecule has 3 aromatic rings. The molecule has 0 aliphatic carbocycles. The van der Waals surface area contributed by atoms with Crippen molar-refractivity contribution in [1.29, 1.82) is 0 Å². The predicted octanol–water partition coefficient (Wildman–Crippen LogP) is 3.39. The van der Waals surface area contributed by atoms with E-state index in [1.807, 2.05) is 37.3 Å². The fourth-order valence-electron chi connectivity index (χ4n) is 3.72. The van der Waals surface area contributed by atoms with Gasteiger partial charge in [0.05, 0.1) is 13.2 Å². The summed E-state index contributed by atoms with van der Waals surface area (Å²) in [5.41, 5.74) is 4.70. The molecule has 5 heteroatoms. The highest BCUT2D eigenvalue weighted by molar-refractivity contribution is 5.87. The van der Waals surface area contributed by atoms with Crippen molar-refractivity contribution < 1.29 is 13.9 Å². The van der Waals surface area contributed by atoms with Crippen LogP contribution in [0.3, 0.4) is 0 Å². The summed E-state index contributed by atoms with van der Waals surface area (Å²) in [5.74, 6) is -0.594. The van der Waals surface area contributed by atoms with Crippen molar-refractivity contribution >= 4 is 16.9 Å². The molecule has 4 rings (SSSR count). The number of nitrogens with one attached hydrogen (secondary N) is 2. The third-order valence-electron chi connectivity index (χ3n) is 4.79. The van der Waals surface area contributed by atoms with E-state index < -0.39 is 6.04 Å². The molecule has 2 N–H and O–H groups in total. The number of methoxy groups -OCH3 is 1. The monoisotopic (exact) mass is 338 g/mol. The van der Waals surface area contributed by atoms with Crippen LogP contribution in [0.2, 0.25) is 0 Å². The zero-order valence-corrected chi connectivity index (χ0v) is 14.1. The van der Waals surface area contributed by atoms with E-state index in [0.29, 0.717) is 6.42 Å². The first-order valence-electron chi connectivity index (χ1n) is 8.27. The van der Waals surface area contributed by atoms with Gasteiger partial charge in [0.15, 0.2) is 0 Å². The fraction of sp³-hybridized carbons (Fsp3) is 0.250. The Labute approximate surface area is 145 Å². The minimum Gasteiger partial charge on any atom is -0.468 e. The Morgan fingerprint density at radius 1 is 1.24 bits per heavy atom. The SMILES string of the molecule is COC(=O)[C@@H]1Cc2c([nH]c3ccccc23)[C@@H](c2cc(C)cc(F)c2)N1. The van der Waals surface area contributed by atoms with Gasteiger partial charge in [-0.3, -0.25) is 10.1 Å². The maximum absolute atomic E-state index is 14.0. The van der Waals surface area contributed by atoms with Crippen molar-refractivity contribution in [2.75, 3.05) is 7.11 Å². The fourth-order valence-corrected chi connectivity index (χ4v) is 3.72. The van der Waals surface area contributed by atoms with Crippen molar-refractivity contribution in [3.05, 3.63) is 70.7 Å². The quantitative estimate of drug-likeness (QED) is 0.704. The molecule has 25 heavy (non-hydrogen) atoms. The maximum atomic E-state index is 14.0. The van der Waals surface area contributed by atoms with Crippen molar-refractivity contribution in [1.82, 2.24) is 10.3 Å². The van der Waals surface area contributed by atoms with E-state index in [1.54, 1.807) is 0 Å². The minimum absolute atomic E-state index is 0.283. The first-order chi connectivity index (χ1) is 12.1. The Kier molecular flexibility index (Phi) is 3.81. The summed E-state index contributed by atoms with van der Waals surface area (Å²) in [6.45, 7) is 1.86. The summed E-state index contributed by atoms with van der Waals surface area (Å²) in [4.78, 5) is 15.6. The van der Waals surface area contributed by atoms with Gasteiger partial charge in [-0.1, -0.05) is 24.3 Å². The first kappa shape index (κ1) is 15.8. The molecule has 0 spiro atoms. The Morgan fingerprint density at radius 2 is 2.04 bits per heavy atom. The molecule has 4 nitrogen and oxygen atoms in total. The Hall–Kier alpha value is -2.66. The molecule has 1 aliphatic heterocycles. The third-order valence-corrected chi connectivity index (χ3v) is 4.79. The number of hydrogen-bond acceptors (Lipinski definition) is 3. The van der Waals surface area contributed by atoms with Gasteiger partial charge >= 0.3 is 5.97 Å². The first-order valence-corrected chi connectivity index (χ1v) is 8.27. The van der Waals surface area contributed by atoms with Crippen molar-refractivity contribution in [3.8, 4) is 0 Å². The van der Waals surface area contributed by atoms with E-state index in [2.05, 4.69) is 10.3 Å². The van der Waals surface area contributed by atoms with Gasteiger partial charge in [-0.05, 0) is 41.8 Å². The second kappa shape index (κ2) is 6.01. The van der Waals surface area contributed by atoms with Crippen molar-refractivity contribution in [2.45, 2.75) is 25.4 Å². The lowest BCUT2D eigenvalue weighted by Gasteiger charge is -2.30. The van der Waals surface area contributed by atoms with Crippen LogP contribution in [0.15, 0.2) is 42.5 Å². The number of esters is 1. The third kappa shape index (κ3) is 2.70. The van der Waals surface area contributed by atoms with Gasteiger partial charge < -0.3 is 9.72 Å². The molecule has 0 amide bonds. The normalized spacial score (nSPS) is 19.6. The Balaban J connectivity index is 1.90. The van der Waals surface area contributed by atoms with Crippen LogP contribution in [0, 0.1) is 12.7 Å². The van der Waals surface area contributed by atoms with Crippen LogP contribution >= 0.6 is 0 Å². The number of ether oxygens (including phenoxy) is 1. The van der Waals surface area contributed by atoms with E-state index >= 15 is 0 Å². The molecule has 1 aliphatic rings. The van der Waals surface area contributed by atoms with Gasteiger partial charge in [0.2, 0.25) is 0 Å². The molecule has 1 aromatic heterocycles. The number of carbonyl (C=O) groups is 1. The predicted molar refractivity (Wildman–Crippen MR) is 93.9 cm³/mol. The van der Waals surface area contributed by atoms with Crippen LogP contribution in [0.4, 0.5) is 4.39 Å². The summed E-state index contributed by atoms with van der Waals surface area (Å²) >= 11 is 0. The number of aromatic amines is 1. The average Bonchev–Trinajstić information content (AvgIpc) is 2.98. The molecule has 2 atom stereocenters. The molecule has 0 bridgehead atoms. The second-order valence-electron chi connectivity index (χ2n) is 6.50. The van der Waals surface area contributed by atoms with Crippen LogP contribution in [0.1, 0.15) is 28.4 Å². The number of halogens is 1. The minimum atomic E-state index is -0.467. The highest BCUT2D eigenvalue weighted by atomic mass is 19.1. The van der Waals surface area contributed by atoms with E-state index in [1.165, 1.54) is 19.2 Å². The maximum Gasteiger partial charge on any atom is 0.323 e. The molecule has 128 valence electrons. The average molecular weight is 338 g/mol. The number of para-hydroxylation sites is 1. The van der Waals surface area contributed by atoms with Gasteiger partial charge in [-0.2, -0.15) is 0 Å². The number of hydrogen-bond donors (Lipinski definition) is 2. The standard InChI is InChI=1S/C20H19FN2O2/c1-11-7-12(9-13(21)8-11)18-19-15(10-17(23-18)20(24)25-2)14-5-3-4-6-16(14)22-19/h3-9,17-18,22-23H,10H2,1-2H3/t17-,18+/m0/s1.